The molecule has 0 radical (unpaired) electrons. The zero-order valence-electron chi connectivity index (χ0n) is 11.8. The molecule has 0 aromatic heterocycles. The van der Waals surface area contributed by atoms with Crippen LogP contribution in [-0.2, 0) is 0 Å². The van der Waals surface area contributed by atoms with Crippen molar-refractivity contribution in [3.8, 4) is 0 Å². The van der Waals surface area contributed by atoms with E-state index in [9.17, 15) is 0 Å². The summed E-state index contributed by atoms with van der Waals surface area (Å²) in [6.45, 7) is 9.19. The highest BCUT2D eigenvalue weighted by Gasteiger charge is 2.29. The number of anilines is 1. The number of nitrogens with zero attached hydrogens (tertiary/aromatic N) is 1. The van der Waals surface area contributed by atoms with Gasteiger partial charge in [-0.1, -0.05) is 35.8 Å². The van der Waals surface area contributed by atoms with Crippen molar-refractivity contribution in [1.82, 2.24) is 5.32 Å². The van der Waals surface area contributed by atoms with E-state index in [4.69, 9.17) is 0 Å². The van der Waals surface area contributed by atoms with Crippen LogP contribution in [0.4, 0.5) is 5.69 Å². The van der Waals surface area contributed by atoms with Gasteiger partial charge in [0.2, 0.25) is 0 Å². The van der Waals surface area contributed by atoms with Crippen molar-refractivity contribution in [2.24, 2.45) is 5.41 Å². The highest BCUT2D eigenvalue weighted by Crippen LogP contribution is 2.35. The van der Waals surface area contributed by atoms with Crippen LogP contribution in [0.15, 0.2) is 22.7 Å². The highest BCUT2D eigenvalue weighted by molar-refractivity contribution is 9.10. The zero-order valence-corrected chi connectivity index (χ0v) is 13.3. The number of nitrogens with one attached hydrogen (secondary N) is 1. The molecular formula is C15H23BrN2. The van der Waals surface area contributed by atoms with Crippen LogP contribution in [0.2, 0.25) is 0 Å². The first-order valence-electron chi connectivity index (χ1n) is 6.64. The second kappa shape index (κ2) is 5.22. The van der Waals surface area contributed by atoms with Crippen molar-refractivity contribution in [2.45, 2.75) is 33.2 Å². The number of hydrogen-bond donors (Lipinski definition) is 1. The van der Waals surface area contributed by atoms with E-state index in [1.807, 2.05) is 7.05 Å². The first-order chi connectivity index (χ1) is 8.43. The van der Waals surface area contributed by atoms with Crippen LogP contribution >= 0.6 is 15.9 Å². The first kappa shape index (κ1) is 13.9. The molecule has 1 fully saturated rings. The van der Waals surface area contributed by atoms with Crippen molar-refractivity contribution < 1.29 is 0 Å². The molecule has 1 aromatic carbocycles. The van der Waals surface area contributed by atoms with Crippen molar-refractivity contribution in [3.05, 3.63) is 28.2 Å². The second-order valence-corrected chi connectivity index (χ2v) is 6.91. The van der Waals surface area contributed by atoms with E-state index in [1.165, 1.54) is 28.7 Å². The van der Waals surface area contributed by atoms with Gasteiger partial charge >= 0.3 is 0 Å². The van der Waals surface area contributed by atoms with Gasteiger partial charge in [0.1, 0.15) is 0 Å². The number of rotatable bonds is 3. The zero-order chi connectivity index (χ0) is 13.3. The maximum Gasteiger partial charge on any atom is 0.0377 e. The van der Waals surface area contributed by atoms with Crippen molar-refractivity contribution in [3.63, 3.8) is 0 Å². The molecule has 1 N–H and O–H groups in total. The molecule has 100 valence electrons. The molecule has 0 amide bonds. The molecule has 0 spiro atoms. The van der Waals surface area contributed by atoms with Crippen molar-refractivity contribution in [2.75, 3.05) is 25.0 Å². The Morgan fingerprint density at radius 2 is 2.11 bits per heavy atom. The Balaban J connectivity index is 2.19. The Morgan fingerprint density at radius 1 is 1.39 bits per heavy atom. The van der Waals surface area contributed by atoms with Gasteiger partial charge in [0.05, 0.1) is 0 Å². The van der Waals surface area contributed by atoms with Crippen LogP contribution in [0.5, 0.6) is 0 Å². The van der Waals surface area contributed by atoms with Crippen LogP contribution in [0.1, 0.15) is 38.8 Å². The molecule has 1 saturated heterocycles. The normalized spacial score (nSPS) is 20.2. The molecule has 1 aliphatic rings. The predicted octanol–water partition coefficient (Wildman–Crippen LogP) is 3.97. The minimum Gasteiger partial charge on any atom is -0.371 e. The second-order valence-electron chi connectivity index (χ2n) is 6.05. The van der Waals surface area contributed by atoms with E-state index in [0.29, 0.717) is 11.5 Å². The summed E-state index contributed by atoms with van der Waals surface area (Å²) in [5.74, 6) is 0. The van der Waals surface area contributed by atoms with Crippen LogP contribution in [0.3, 0.4) is 0 Å². The molecule has 18 heavy (non-hydrogen) atoms. The summed E-state index contributed by atoms with van der Waals surface area (Å²) in [7, 11) is 1.99. The van der Waals surface area contributed by atoms with Crippen LogP contribution in [0.25, 0.3) is 0 Å². The van der Waals surface area contributed by atoms with E-state index in [2.05, 4.69) is 65.1 Å². The Bertz CT molecular complexity index is 429. The fourth-order valence-corrected chi connectivity index (χ4v) is 3.26. The first-order valence-corrected chi connectivity index (χ1v) is 7.44. The molecule has 1 heterocycles. The summed E-state index contributed by atoms with van der Waals surface area (Å²) in [5, 5.41) is 3.28. The van der Waals surface area contributed by atoms with Gasteiger partial charge in [-0.2, -0.15) is 0 Å². The van der Waals surface area contributed by atoms with Gasteiger partial charge < -0.3 is 10.2 Å². The largest absolute Gasteiger partial charge is 0.371 e. The monoisotopic (exact) mass is 310 g/mol. The van der Waals surface area contributed by atoms with Crippen molar-refractivity contribution >= 4 is 21.6 Å². The minimum atomic E-state index is 0.378. The van der Waals surface area contributed by atoms with Gasteiger partial charge in [0.25, 0.3) is 0 Å². The maximum absolute atomic E-state index is 3.70. The third-order valence-corrected chi connectivity index (χ3v) is 4.61. The van der Waals surface area contributed by atoms with Crippen LogP contribution in [-0.4, -0.2) is 20.1 Å². The summed E-state index contributed by atoms with van der Waals surface area (Å²) in [6, 6.07) is 7.11. The van der Waals surface area contributed by atoms with Gasteiger partial charge in [0, 0.05) is 29.3 Å². The van der Waals surface area contributed by atoms with Gasteiger partial charge in [-0.15, -0.1) is 0 Å². The standard InChI is InChI=1S/C15H23BrN2/c1-11(17-4)13-6-5-12(9-14(13)16)18-8-7-15(2,3)10-18/h5-6,9,11,17H,7-8,10H2,1-4H3. The Labute approximate surface area is 119 Å². The van der Waals surface area contributed by atoms with Crippen LogP contribution < -0.4 is 10.2 Å². The molecule has 0 saturated carbocycles. The molecular weight excluding hydrogens is 288 g/mol. The fraction of sp³-hybridized carbons (Fsp3) is 0.600. The molecule has 3 heteroatoms. The molecule has 1 unspecified atom stereocenters. The van der Waals surface area contributed by atoms with E-state index < -0.39 is 0 Å². The quantitative estimate of drug-likeness (QED) is 0.909. The van der Waals surface area contributed by atoms with Gasteiger partial charge in [0.15, 0.2) is 0 Å². The summed E-state index contributed by atoms with van der Waals surface area (Å²) < 4.78 is 1.20. The fourth-order valence-electron chi connectivity index (χ4n) is 2.55. The summed E-state index contributed by atoms with van der Waals surface area (Å²) in [6.07, 6.45) is 1.28. The maximum atomic E-state index is 3.70. The van der Waals surface area contributed by atoms with E-state index in [0.717, 1.165) is 6.54 Å². The highest BCUT2D eigenvalue weighted by atomic mass is 79.9. The van der Waals surface area contributed by atoms with Crippen molar-refractivity contribution in [1.29, 1.82) is 0 Å². The van der Waals surface area contributed by atoms with E-state index in [-0.39, 0.29) is 0 Å². The smallest absolute Gasteiger partial charge is 0.0377 e. The lowest BCUT2D eigenvalue weighted by molar-refractivity contribution is 0.418. The third-order valence-electron chi connectivity index (χ3n) is 3.93. The van der Waals surface area contributed by atoms with E-state index >= 15 is 0 Å². The average Bonchev–Trinajstić information content (AvgIpc) is 2.68. The SMILES string of the molecule is CNC(C)c1ccc(N2CCC(C)(C)C2)cc1Br. The summed E-state index contributed by atoms with van der Waals surface area (Å²) >= 11 is 3.70. The molecule has 0 bridgehead atoms. The lowest BCUT2D eigenvalue weighted by Crippen LogP contribution is -2.22. The molecule has 1 aromatic rings. The molecule has 2 nitrogen and oxygen atoms in total. The lowest BCUT2D eigenvalue weighted by Gasteiger charge is -2.23. The average molecular weight is 311 g/mol. The topological polar surface area (TPSA) is 15.3 Å². The Hall–Kier alpha value is -0.540. The minimum absolute atomic E-state index is 0.378. The molecule has 2 rings (SSSR count). The Morgan fingerprint density at radius 3 is 2.61 bits per heavy atom. The predicted molar refractivity (Wildman–Crippen MR) is 82.2 cm³/mol. The van der Waals surface area contributed by atoms with Gasteiger partial charge in [-0.05, 0) is 43.5 Å². The van der Waals surface area contributed by atoms with Gasteiger partial charge in [-0.25, -0.2) is 0 Å². The van der Waals surface area contributed by atoms with Gasteiger partial charge in [-0.3, -0.25) is 0 Å². The number of benzene rings is 1. The lowest BCUT2D eigenvalue weighted by atomic mass is 9.93. The molecule has 1 aliphatic heterocycles. The molecule has 0 aliphatic carbocycles. The summed E-state index contributed by atoms with van der Waals surface area (Å²) in [5.41, 5.74) is 3.10. The summed E-state index contributed by atoms with van der Waals surface area (Å²) in [4.78, 5) is 2.48. The third kappa shape index (κ3) is 2.89. The Kier molecular flexibility index (Phi) is 4.02. The van der Waals surface area contributed by atoms with Crippen LogP contribution in [0, 0.1) is 5.41 Å². The number of halogens is 1. The number of hydrogen-bond acceptors (Lipinski definition) is 2. The molecule has 1 atom stereocenters. The van der Waals surface area contributed by atoms with E-state index in [1.54, 1.807) is 0 Å².